The van der Waals surface area contributed by atoms with Gasteiger partial charge in [-0.2, -0.15) is 5.10 Å². The summed E-state index contributed by atoms with van der Waals surface area (Å²) in [6.07, 6.45) is 11.0. The molecule has 1 N–H and O–H groups in total. The molecular weight excluding hydrogens is 248 g/mol. The van der Waals surface area contributed by atoms with Gasteiger partial charge in [0.15, 0.2) is 0 Å². The molecule has 2 fully saturated rings. The minimum Gasteiger partial charge on any atom is -0.363 e. The van der Waals surface area contributed by atoms with Crippen molar-refractivity contribution in [2.75, 3.05) is 18.0 Å². The Balaban J connectivity index is 1.84. The van der Waals surface area contributed by atoms with E-state index in [1.54, 1.807) is 0 Å². The predicted octanol–water partition coefficient (Wildman–Crippen LogP) is 2.56. The number of piperazine rings is 1. The lowest BCUT2D eigenvalue weighted by Crippen LogP contribution is -2.66. The Morgan fingerprint density at radius 1 is 1.30 bits per heavy atom. The summed E-state index contributed by atoms with van der Waals surface area (Å²) in [5.41, 5.74) is 1.64. The molecule has 2 aliphatic rings. The Morgan fingerprint density at radius 2 is 2.05 bits per heavy atom. The van der Waals surface area contributed by atoms with Crippen LogP contribution in [0.25, 0.3) is 0 Å². The summed E-state index contributed by atoms with van der Waals surface area (Å²) in [5, 5.41) is 8.28. The van der Waals surface area contributed by atoms with Crippen LogP contribution in [0.3, 0.4) is 0 Å². The second-order valence-electron chi connectivity index (χ2n) is 7.03. The number of aryl methyl sites for hydroxylation is 1. The molecule has 1 aliphatic heterocycles. The molecule has 112 valence electrons. The van der Waals surface area contributed by atoms with Gasteiger partial charge in [-0.3, -0.25) is 4.68 Å². The first kappa shape index (κ1) is 13.9. The molecule has 1 unspecified atom stereocenters. The molecule has 1 aromatic rings. The van der Waals surface area contributed by atoms with Gasteiger partial charge in [-0.1, -0.05) is 33.1 Å². The minimum absolute atomic E-state index is 0.347. The lowest BCUT2D eigenvalue weighted by atomic mass is 9.78. The Kier molecular flexibility index (Phi) is 3.76. The molecule has 0 radical (unpaired) electrons. The van der Waals surface area contributed by atoms with E-state index in [4.69, 9.17) is 0 Å². The first-order valence-electron chi connectivity index (χ1n) is 8.10. The maximum absolute atomic E-state index is 4.37. The molecule has 0 amide bonds. The van der Waals surface area contributed by atoms with Crippen molar-refractivity contribution in [3.63, 3.8) is 0 Å². The van der Waals surface area contributed by atoms with E-state index in [1.165, 1.54) is 37.8 Å². The monoisotopic (exact) mass is 276 g/mol. The van der Waals surface area contributed by atoms with Gasteiger partial charge in [-0.05, 0) is 18.8 Å². The number of aromatic nitrogens is 2. The number of hydrogen-bond donors (Lipinski definition) is 1. The van der Waals surface area contributed by atoms with E-state index in [-0.39, 0.29) is 0 Å². The highest BCUT2D eigenvalue weighted by atomic mass is 15.3. The average molecular weight is 276 g/mol. The van der Waals surface area contributed by atoms with Gasteiger partial charge >= 0.3 is 0 Å². The number of nitrogens with zero attached hydrogens (tertiary/aromatic N) is 3. The van der Waals surface area contributed by atoms with Gasteiger partial charge in [0.25, 0.3) is 0 Å². The normalized spacial score (nSPS) is 26.4. The van der Waals surface area contributed by atoms with Crippen molar-refractivity contribution in [3.05, 3.63) is 12.4 Å². The molecule has 0 aromatic carbocycles. The van der Waals surface area contributed by atoms with Crippen LogP contribution in [0.4, 0.5) is 5.69 Å². The summed E-state index contributed by atoms with van der Waals surface area (Å²) in [7, 11) is 2.01. The Labute approximate surface area is 122 Å². The third-order valence-corrected chi connectivity index (χ3v) is 5.16. The van der Waals surface area contributed by atoms with Crippen molar-refractivity contribution in [3.8, 4) is 0 Å². The lowest BCUT2D eigenvalue weighted by molar-refractivity contribution is 0.184. The maximum Gasteiger partial charge on any atom is 0.0756 e. The number of rotatable bonds is 2. The SMILES string of the molecule is CC(C)C1CNC2(CCCCC2)CN1c1cnn(C)c1. The molecule has 1 aliphatic carbocycles. The summed E-state index contributed by atoms with van der Waals surface area (Å²) in [6, 6.07) is 0.576. The molecule has 3 rings (SSSR count). The van der Waals surface area contributed by atoms with Crippen LogP contribution in [-0.4, -0.2) is 34.5 Å². The fourth-order valence-electron chi connectivity index (χ4n) is 3.93. The van der Waals surface area contributed by atoms with Crippen LogP contribution in [0.15, 0.2) is 12.4 Å². The van der Waals surface area contributed by atoms with Gasteiger partial charge in [0.2, 0.25) is 0 Å². The van der Waals surface area contributed by atoms with Crippen LogP contribution in [0.1, 0.15) is 46.0 Å². The first-order chi connectivity index (χ1) is 9.60. The molecule has 20 heavy (non-hydrogen) atoms. The van der Waals surface area contributed by atoms with Gasteiger partial charge < -0.3 is 10.2 Å². The molecule has 1 saturated heterocycles. The summed E-state index contributed by atoms with van der Waals surface area (Å²) >= 11 is 0. The summed E-state index contributed by atoms with van der Waals surface area (Å²) < 4.78 is 1.92. The third-order valence-electron chi connectivity index (χ3n) is 5.16. The van der Waals surface area contributed by atoms with Crippen LogP contribution in [0.5, 0.6) is 0 Å². The van der Waals surface area contributed by atoms with E-state index in [0.29, 0.717) is 17.5 Å². The Hall–Kier alpha value is -1.03. The predicted molar refractivity (Wildman–Crippen MR) is 83.0 cm³/mol. The molecule has 1 atom stereocenters. The summed E-state index contributed by atoms with van der Waals surface area (Å²) in [6.45, 7) is 6.90. The van der Waals surface area contributed by atoms with Gasteiger partial charge in [0, 0.05) is 37.9 Å². The molecule has 4 heteroatoms. The fraction of sp³-hybridized carbons (Fsp3) is 0.812. The number of hydrogen-bond acceptors (Lipinski definition) is 3. The van der Waals surface area contributed by atoms with Gasteiger partial charge in [0.05, 0.1) is 11.9 Å². The largest absolute Gasteiger partial charge is 0.363 e. The van der Waals surface area contributed by atoms with Crippen molar-refractivity contribution in [1.82, 2.24) is 15.1 Å². The smallest absolute Gasteiger partial charge is 0.0756 e. The second kappa shape index (κ2) is 5.40. The van der Waals surface area contributed by atoms with Gasteiger partial charge in [-0.15, -0.1) is 0 Å². The van der Waals surface area contributed by atoms with E-state index < -0.39 is 0 Å². The molecular formula is C16H28N4. The maximum atomic E-state index is 4.37. The van der Waals surface area contributed by atoms with E-state index in [1.807, 2.05) is 17.9 Å². The Bertz CT molecular complexity index is 445. The lowest BCUT2D eigenvalue weighted by Gasteiger charge is -2.51. The standard InChI is InChI=1S/C16H28N4/c1-13(2)15-10-17-16(7-5-4-6-8-16)12-20(15)14-9-18-19(3)11-14/h9,11,13,15,17H,4-8,10,12H2,1-3H3. The summed E-state index contributed by atoms with van der Waals surface area (Å²) in [5.74, 6) is 0.656. The van der Waals surface area contributed by atoms with Crippen LogP contribution in [-0.2, 0) is 7.05 Å². The van der Waals surface area contributed by atoms with Crippen molar-refractivity contribution >= 4 is 5.69 Å². The third kappa shape index (κ3) is 2.58. The van der Waals surface area contributed by atoms with Crippen molar-refractivity contribution in [2.24, 2.45) is 13.0 Å². The molecule has 1 saturated carbocycles. The van der Waals surface area contributed by atoms with Crippen LogP contribution < -0.4 is 10.2 Å². The van der Waals surface area contributed by atoms with Crippen molar-refractivity contribution < 1.29 is 0 Å². The summed E-state index contributed by atoms with van der Waals surface area (Å²) in [4.78, 5) is 2.61. The highest BCUT2D eigenvalue weighted by molar-refractivity contribution is 5.45. The topological polar surface area (TPSA) is 33.1 Å². The van der Waals surface area contributed by atoms with E-state index in [0.717, 1.165) is 13.1 Å². The van der Waals surface area contributed by atoms with Crippen LogP contribution >= 0.6 is 0 Å². The molecule has 0 bridgehead atoms. The van der Waals surface area contributed by atoms with Gasteiger partial charge in [-0.25, -0.2) is 0 Å². The van der Waals surface area contributed by atoms with Crippen LogP contribution in [0.2, 0.25) is 0 Å². The van der Waals surface area contributed by atoms with Crippen LogP contribution in [0, 0.1) is 5.92 Å². The molecule has 1 spiro atoms. The zero-order valence-electron chi connectivity index (χ0n) is 13.1. The average Bonchev–Trinajstić information content (AvgIpc) is 2.86. The molecule has 2 heterocycles. The van der Waals surface area contributed by atoms with Crippen molar-refractivity contribution in [1.29, 1.82) is 0 Å². The van der Waals surface area contributed by atoms with E-state index >= 15 is 0 Å². The second-order valence-corrected chi connectivity index (χ2v) is 7.03. The number of nitrogens with one attached hydrogen (secondary N) is 1. The zero-order valence-corrected chi connectivity index (χ0v) is 13.1. The highest BCUT2D eigenvalue weighted by Crippen LogP contribution is 2.35. The molecule has 4 nitrogen and oxygen atoms in total. The highest BCUT2D eigenvalue weighted by Gasteiger charge is 2.41. The number of anilines is 1. The minimum atomic E-state index is 0.347. The quantitative estimate of drug-likeness (QED) is 0.901. The van der Waals surface area contributed by atoms with Crippen molar-refractivity contribution in [2.45, 2.75) is 57.5 Å². The van der Waals surface area contributed by atoms with E-state index in [2.05, 4.69) is 35.4 Å². The zero-order chi connectivity index (χ0) is 14.2. The fourth-order valence-corrected chi connectivity index (χ4v) is 3.93. The van der Waals surface area contributed by atoms with Gasteiger partial charge in [0.1, 0.15) is 0 Å². The van der Waals surface area contributed by atoms with E-state index in [9.17, 15) is 0 Å². The molecule has 1 aromatic heterocycles. The Morgan fingerprint density at radius 3 is 2.65 bits per heavy atom. The first-order valence-corrected chi connectivity index (χ1v) is 8.10.